The zero-order chi connectivity index (χ0) is 4.99. The van der Waals surface area contributed by atoms with Gasteiger partial charge in [-0.3, -0.25) is 0 Å². The molecule has 0 saturated carbocycles. The van der Waals surface area contributed by atoms with Crippen molar-refractivity contribution >= 4 is 0 Å². The lowest BCUT2D eigenvalue weighted by atomic mass is 11.4. The van der Waals surface area contributed by atoms with Crippen LogP contribution in [0.4, 0.5) is 0 Å². The van der Waals surface area contributed by atoms with Crippen molar-refractivity contribution in [3.63, 3.8) is 0 Å². The molecule has 0 amide bonds. The second kappa shape index (κ2) is 3.08. The van der Waals surface area contributed by atoms with Gasteiger partial charge in [0.15, 0.2) is 0 Å². The molecule has 0 aromatic rings. The van der Waals surface area contributed by atoms with Crippen LogP contribution >= 0.6 is 0 Å². The minimum Gasteiger partial charge on any atom is -0.394 e. The number of rotatable bonds is 2. The van der Waals surface area contributed by atoms with Gasteiger partial charge in [0.25, 0.3) is 0 Å². The molecule has 0 atom stereocenters. The Morgan fingerprint density at radius 3 is 1.50 bits per heavy atom. The minimum absolute atomic E-state index is 0.365. The van der Waals surface area contributed by atoms with Crippen LogP contribution in [0.15, 0.2) is 0 Å². The summed E-state index contributed by atoms with van der Waals surface area (Å²) >= 11 is 0. The van der Waals surface area contributed by atoms with Crippen LogP contribution in [-0.2, 0) is 0 Å². The molecule has 0 heterocycles. The van der Waals surface area contributed by atoms with E-state index in [-0.39, 0.29) is 13.2 Å². The van der Waals surface area contributed by atoms with Crippen molar-refractivity contribution in [2.24, 2.45) is 0 Å². The molecule has 0 fully saturated rings. The summed E-state index contributed by atoms with van der Waals surface area (Å²) in [7, 11) is 0. The van der Waals surface area contributed by atoms with E-state index in [9.17, 15) is 0 Å². The lowest BCUT2D eigenvalue weighted by molar-refractivity contribution is 0.0450. The van der Waals surface area contributed by atoms with Crippen molar-refractivity contribution in [3.05, 3.63) is 0 Å². The molecular formula is C3H8O3. The fraction of sp³-hybridized carbons (Fsp3) is 1.00. The van der Waals surface area contributed by atoms with Crippen LogP contribution < -0.4 is 0 Å². The molecule has 0 rings (SSSR count). The Morgan fingerprint density at radius 1 is 1.17 bits per heavy atom. The van der Waals surface area contributed by atoms with Crippen LogP contribution in [0.2, 0.25) is 0 Å². The average Bonchev–Trinajstić information content (AvgIpc) is 1.65. The van der Waals surface area contributed by atoms with E-state index in [1.807, 2.05) is 0 Å². The van der Waals surface area contributed by atoms with E-state index >= 15 is 0 Å². The number of hydrogen-bond acceptors (Lipinski definition) is 3. The highest BCUT2D eigenvalue weighted by Crippen LogP contribution is 1.71. The van der Waals surface area contributed by atoms with E-state index < -0.39 is 6.10 Å². The Morgan fingerprint density at radius 2 is 1.50 bits per heavy atom. The molecule has 0 radical (unpaired) electrons. The summed E-state index contributed by atoms with van der Waals surface area (Å²) in [5.41, 5.74) is 0. The number of aliphatic hydroxyl groups is 3. The molecule has 3 N–H and O–H groups in total. The van der Waals surface area contributed by atoms with Gasteiger partial charge in [0.1, 0.15) is 6.10 Å². The van der Waals surface area contributed by atoms with Gasteiger partial charge in [-0.2, -0.15) is 0 Å². The van der Waals surface area contributed by atoms with Crippen LogP contribution in [-0.4, -0.2) is 34.6 Å². The molecule has 3 nitrogen and oxygen atoms in total. The summed E-state index contributed by atoms with van der Waals surface area (Å²) in [6, 6.07) is 0. The molecule has 0 aliphatic heterocycles. The van der Waals surface area contributed by atoms with Gasteiger partial charge in [-0.25, -0.2) is 0 Å². The normalized spacial score (nSPS) is 10.0. The lowest BCUT2D eigenvalue weighted by Gasteiger charge is -1.96. The monoisotopic (exact) mass is 95.1 g/mol. The van der Waals surface area contributed by atoms with Crippen LogP contribution in [0.5, 0.6) is 0 Å². The summed E-state index contributed by atoms with van der Waals surface area (Å²) < 4.78 is 0. The summed E-state index contributed by atoms with van der Waals surface area (Å²) in [5.74, 6) is 0. The highest BCUT2D eigenvalue weighted by molar-refractivity contribution is 4.43. The Labute approximate surface area is 35.9 Å². The minimum atomic E-state index is -0.954. The van der Waals surface area contributed by atoms with Crippen molar-refractivity contribution < 1.29 is 15.3 Å². The molecule has 6 heavy (non-hydrogen) atoms. The van der Waals surface area contributed by atoms with Gasteiger partial charge in [0.05, 0.1) is 13.2 Å². The second-order valence-electron chi connectivity index (χ2n) is 1.02. The van der Waals surface area contributed by atoms with Crippen LogP contribution in [0.25, 0.3) is 0 Å². The number of aliphatic hydroxyl groups excluding tert-OH is 3. The van der Waals surface area contributed by atoms with E-state index in [0.29, 0.717) is 0 Å². The largest absolute Gasteiger partial charge is 0.394 e. The second-order valence-corrected chi connectivity index (χ2v) is 1.02. The van der Waals surface area contributed by atoms with Gasteiger partial charge in [0.2, 0.25) is 0 Å². The number of hydrogen-bond donors (Lipinski definition) is 3. The van der Waals surface area contributed by atoms with Crippen molar-refractivity contribution in [1.82, 2.24) is 0 Å². The summed E-state index contributed by atoms with van der Waals surface area (Å²) in [6.07, 6.45) is -0.954. The molecule has 0 bridgehead atoms. The third-order valence-electron chi connectivity index (χ3n) is 0.421. The summed E-state index contributed by atoms with van der Waals surface area (Å²) in [4.78, 5) is 0. The predicted octanol–water partition coefficient (Wildman–Crippen LogP) is -1.67. The van der Waals surface area contributed by atoms with E-state index in [2.05, 4.69) is 0 Å². The maximum absolute atomic E-state index is 8.17. The Hall–Kier alpha value is -0.120. The first-order chi connectivity index (χ1) is 2.81. The molecule has 0 aromatic carbocycles. The van der Waals surface area contributed by atoms with E-state index in [4.69, 9.17) is 15.3 Å². The molecule has 0 saturated heterocycles. The molecule has 0 aromatic heterocycles. The average molecular weight is 95.1 g/mol. The van der Waals surface area contributed by atoms with Gasteiger partial charge >= 0.3 is 0 Å². The SMILES string of the molecule is O[13CH2][13CH](O)[13CH2]O. The molecule has 38 valence electrons. The molecule has 0 aliphatic rings. The first-order valence-corrected chi connectivity index (χ1v) is 1.71. The quantitative estimate of drug-likeness (QED) is 0.359. The van der Waals surface area contributed by atoms with E-state index in [0.717, 1.165) is 0 Å². The van der Waals surface area contributed by atoms with Gasteiger partial charge < -0.3 is 15.3 Å². The van der Waals surface area contributed by atoms with Gasteiger partial charge in [0, 0.05) is 0 Å². The Kier molecular flexibility index (Phi) is 3.02. The maximum atomic E-state index is 8.17. The Bertz CT molecular complexity index is 25.2. The highest BCUT2D eigenvalue weighted by atomic mass is 16.5. The van der Waals surface area contributed by atoms with E-state index in [1.165, 1.54) is 0 Å². The third kappa shape index (κ3) is 2.14. The van der Waals surface area contributed by atoms with Crippen molar-refractivity contribution in [2.75, 3.05) is 13.2 Å². The van der Waals surface area contributed by atoms with E-state index in [1.54, 1.807) is 0 Å². The molecule has 0 unspecified atom stereocenters. The fourth-order valence-corrected chi connectivity index (χ4v) is 0.0577. The maximum Gasteiger partial charge on any atom is 0.100 e. The summed E-state index contributed by atoms with van der Waals surface area (Å²) in [5, 5.41) is 24.0. The van der Waals surface area contributed by atoms with Crippen LogP contribution in [0.3, 0.4) is 0 Å². The molecular weight excluding hydrogens is 87.0 g/mol. The standard InChI is InChI=1S/C3H8O3/c4-1-3(6)2-5/h3-6H,1-2H2/i1+1,2+1,3+1. The summed E-state index contributed by atoms with van der Waals surface area (Å²) in [6.45, 7) is -0.729. The zero-order valence-corrected chi connectivity index (χ0v) is 3.33. The lowest BCUT2D eigenvalue weighted by Crippen LogP contribution is -2.15. The first kappa shape index (κ1) is 5.88. The van der Waals surface area contributed by atoms with Crippen LogP contribution in [0, 0.1) is 0 Å². The molecule has 0 aliphatic carbocycles. The van der Waals surface area contributed by atoms with Crippen molar-refractivity contribution in [3.8, 4) is 0 Å². The van der Waals surface area contributed by atoms with Crippen molar-refractivity contribution in [2.45, 2.75) is 6.10 Å². The smallest absolute Gasteiger partial charge is 0.100 e. The molecule has 0 spiro atoms. The van der Waals surface area contributed by atoms with Gasteiger partial charge in [-0.15, -0.1) is 0 Å². The zero-order valence-electron chi connectivity index (χ0n) is 3.33. The van der Waals surface area contributed by atoms with Crippen LogP contribution in [0.1, 0.15) is 0 Å². The van der Waals surface area contributed by atoms with Gasteiger partial charge in [-0.1, -0.05) is 0 Å². The predicted molar refractivity (Wildman–Crippen MR) is 20.2 cm³/mol. The Balaban J connectivity index is 2.75. The van der Waals surface area contributed by atoms with Gasteiger partial charge in [-0.05, 0) is 0 Å². The first-order valence-electron chi connectivity index (χ1n) is 1.71. The van der Waals surface area contributed by atoms with Crippen molar-refractivity contribution in [1.29, 1.82) is 0 Å². The topological polar surface area (TPSA) is 60.7 Å². The molecule has 3 heteroatoms. The fourth-order valence-electron chi connectivity index (χ4n) is 0.0577. The highest BCUT2D eigenvalue weighted by Gasteiger charge is 1.93. The third-order valence-corrected chi connectivity index (χ3v) is 0.421.